The van der Waals surface area contributed by atoms with Crippen LogP contribution in [0.3, 0.4) is 0 Å². The van der Waals surface area contributed by atoms with Gasteiger partial charge in [0.15, 0.2) is 6.10 Å². The van der Waals surface area contributed by atoms with Gasteiger partial charge in [0.05, 0.1) is 12.6 Å². The molecular formula is C8H13F3N2O2S. The Morgan fingerprint density at radius 1 is 1.62 bits per heavy atom. The lowest BCUT2D eigenvalue weighted by atomic mass is 10.3. The number of rotatable bonds is 3. The predicted molar refractivity (Wildman–Crippen MR) is 54.2 cm³/mol. The first-order valence-electron chi connectivity index (χ1n) is 4.75. The van der Waals surface area contributed by atoms with Crippen molar-refractivity contribution >= 4 is 17.7 Å². The van der Waals surface area contributed by atoms with Crippen LogP contribution in [-0.2, 0) is 4.79 Å². The van der Waals surface area contributed by atoms with Gasteiger partial charge in [0.1, 0.15) is 0 Å². The van der Waals surface area contributed by atoms with E-state index in [4.69, 9.17) is 5.11 Å². The van der Waals surface area contributed by atoms with Gasteiger partial charge >= 0.3 is 6.18 Å². The number of alkyl halides is 3. The van der Waals surface area contributed by atoms with Gasteiger partial charge in [-0.3, -0.25) is 4.79 Å². The lowest BCUT2D eigenvalue weighted by Gasteiger charge is -2.23. The van der Waals surface area contributed by atoms with Gasteiger partial charge in [0, 0.05) is 18.1 Å². The lowest BCUT2D eigenvalue weighted by Crippen LogP contribution is -2.51. The van der Waals surface area contributed by atoms with Crippen LogP contribution in [0, 0.1) is 0 Å². The molecule has 1 aliphatic rings. The molecule has 0 bridgehead atoms. The average Bonchev–Trinajstić information content (AvgIpc) is 2.25. The first-order chi connectivity index (χ1) is 7.41. The fourth-order valence-electron chi connectivity index (χ4n) is 1.17. The summed E-state index contributed by atoms with van der Waals surface area (Å²) in [5.41, 5.74) is 0. The predicted octanol–water partition coefficient (Wildman–Crippen LogP) is -0.269. The smallest absolute Gasteiger partial charge is 0.382 e. The lowest BCUT2D eigenvalue weighted by molar-refractivity contribution is -0.201. The Morgan fingerprint density at radius 2 is 2.31 bits per heavy atom. The molecule has 1 aliphatic heterocycles. The van der Waals surface area contributed by atoms with Crippen LogP contribution in [0.5, 0.6) is 0 Å². The number of thioether (sulfide) groups is 1. The van der Waals surface area contributed by atoms with Gasteiger partial charge in [-0.15, -0.1) is 0 Å². The van der Waals surface area contributed by atoms with Crippen molar-refractivity contribution in [2.24, 2.45) is 0 Å². The molecule has 0 saturated carbocycles. The maximum atomic E-state index is 11.9. The summed E-state index contributed by atoms with van der Waals surface area (Å²) in [6.45, 7) is -0.143. The van der Waals surface area contributed by atoms with Crippen LogP contribution < -0.4 is 10.6 Å². The van der Waals surface area contributed by atoms with Gasteiger partial charge in [-0.1, -0.05) is 0 Å². The number of carbonyl (C=O) groups excluding carboxylic acids is 1. The molecule has 0 spiro atoms. The van der Waals surface area contributed by atoms with E-state index in [2.05, 4.69) is 10.6 Å². The molecule has 1 saturated heterocycles. The minimum absolute atomic E-state index is 0.473. The second-order valence-electron chi connectivity index (χ2n) is 3.38. The third kappa shape index (κ3) is 4.18. The summed E-state index contributed by atoms with van der Waals surface area (Å²) < 4.78 is 35.8. The van der Waals surface area contributed by atoms with Crippen LogP contribution in [0.25, 0.3) is 0 Å². The molecule has 16 heavy (non-hydrogen) atoms. The molecule has 0 aromatic rings. The largest absolute Gasteiger partial charge is 0.416 e. The zero-order valence-corrected chi connectivity index (χ0v) is 9.20. The molecule has 1 fully saturated rings. The van der Waals surface area contributed by atoms with Crippen molar-refractivity contribution in [1.29, 1.82) is 0 Å². The van der Waals surface area contributed by atoms with Gasteiger partial charge in [-0.05, 0) is 0 Å². The van der Waals surface area contributed by atoms with Crippen LogP contribution >= 0.6 is 11.8 Å². The molecule has 2 unspecified atom stereocenters. The maximum absolute atomic E-state index is 11.9. The number of amides is 1. The molecule has 0 radical (unpaired) electrons. The van der Waals surface area contributed by atoms with Crippen molar-refractivity contribution < 1.29 is 23.1 Å². The number of hydrogen-bond acceptors (Lipinski definition) is 4. The number of aliphatic hydroxyl groups excluding tert-OH is 1. The zero-order chi connectivity index (χ0) is 12.2. The van der Waals surface area contributed by atoms with Crippen LogP contribution in [-0.4, -0.2) is 53.9 Å². The van der Waals surface area contributed by atoms with Gasteiger partial charge < -0.3 is 15.7 Å². The van der Waals surface area contributed by atoms with Crippen molar-refractivity contribution in [3.05, 3.63) is 0 Å². The molecule has 3 N–H and O–H groups in total. The molecule has 0 aromatic carbocycles. The third-order valence-electron chi connectivity index (χ3n) is 2.09. The molecule has 1 amide bonds. The molecule has 0 aromatic heterocycles. The number of halogens is 3. The van der Waals surface area contributed by atoms with E-state index in [1.54, 1.807) is 11.8 Å². The second kappa shape index (κ2) is 5.74. The summed E-state index contributed by atoms with van der Waals surface area (Å²) in [7, 11) is 0. The highest BCUT2D eigenvalue weighted by molar-refractivity contribution is 7.99. The summed E-state index contributed by atoms with van der Waals surface area (Å²) in [6.07, 6.45) is -7.20. The van der Waals surface area contributed by atoms with Crippen LogP contribution in [0.1, 0.15) is 0 Å². The van der Waals surface area contributed by atoms with Crippen molar-refractivity contribution in [2.75, 3.05) is 24.6 Å². The summed E-state index contributed by atoms with van der Waals surface area (Å²) in [4.78, 5) is 11.4. The third-order valence-corrected chi connectivity index (χ3v) is 3.15. The molecular weight excluding hydrogens is 245 g/mol. The highest BCUT2D eigenvalue weighted by Crippen LogP contribution is 2.19. The molecule has 0 aliphatic carbocycles. The number of nitrogens with one attached hydrogen (secondary N) is 2. The highest BCUT2D eigenvalue weighted by Gasteiger charge is 2.38. The molecule has 8 heteroatoms. The Balaban J connectivity index is 2.29. The normalized spacial score (nSPS) is 23.9. The quantitative estimate of drug-likeness (QED) is 0.652. The molecule has 2 atom stereocenters. The Morgan fingerprint density at radius 3 is 2.81 bits per heavy atom. The number of hydrogen-bond donors (Lipinski definition) is 3. The summed E-state index contributed by atoms with van der Waals surface area (Å²) in [6, 6.07) is -0.473. The monoisotopic (exact) mass is 258 g/mol. The van der Waals surface area contributed by atoms with Crippen molar-refractivity contribution in [3.8, 4) is 0 Å². The zero-order valence-electron chi connectivity index (χ0n) is 8.38. The minimum atomic E-state index is -4.69. The van der Waals surface area contributed by atoms with Gasteiger partial charge in [-0.25, -0.2) is 0 Å². The van der Waals surface area contributed by atoms with Gasteiger partial charge in [0.2, 0.25) is 5.91 Å². The standard InChI is InChI=1S/C8H13F3N2O2S/c9-8(10,11)6(14)3-13-7(15)5-4-16-2-1-12-5/h5-6,12,14H,1-4H2,(H,13,15). The number of carbonyl (C=O) groups is 1. The van der Waals surface area contributed by atoms with E-state index >= 15 is 0 Å². The Labute approximate surface area is 95.0 Å². The summed E-state index contributed by atoms with van der Waals surface area (Å²) >= 11 is 1.56. The molecule has 94 valence electrons. The number of aliphatic hydroxyl groups is 1. The van der Waals surface area contributed by atoms with Crippen LogP contribution in [0.4, 0.5) is 13.2 Å². The van der Waals surface area contributed by atoms with Crippen molar-refractivity contribution in [3.63, 3.8) is 0 Å². The van der Waals surface area contributed by atoms with Crippen LogP contribution in [0.15, 0.2) is 0 Å². The second-order valence-corrected chi connectivity index (χ2v) is 4.53. The van der Waals surface area contributed by atoms with Gasteiger partial charge in [-0.2, -0.15) is 24.9 Å². The van der Waals surface area contributed by atoms with Crippen molar-refractivity contribution in [1.82, 2.24) is 10.6 Å². The maximum Gasteiger partial charge on any atom is 0.416 e. The summed E-state index contributed by atoms with van der Waals surface area (Å²) in [5.74, 6) is 0.915. The van der Waals surface area contributed by atoms with Crippen molar-refractivity contribution in [2.45, 2.75) is 18.3 Å². The fraction of sp³-hybridized carbons (Fsp3) is 0.875. The topological polar surface area (TPSA) is 61.4 Å². The highest BCUT2D eigenvalue weighted by atomic mass is 32.2. The summed E-state index contributed by atoms with van der Waals surface area (Å²) in [5, 5.41) is 13.6. The molecule has 1 heterocycles. The van der Waals surface area contributed by atoms with E-state index in [1.807, 2.05) is 0 Å². The molecule has 1 rings (SSSR count). The van der Waals surface area contributed by atoms with E-state index < -0.39 is 30.8 Å². The van der Waals surface area contributed by atoms with E-state index in [0.717, 1.165) is 5.75 Å². The fourth-order valence-corrected chi connectivity index (χ4v) is 2.10. The van der Waals surface area contributed by atoms with E-state index in [-0.39, 0.29) is 0 Å². The Hall–Kier alpha value is -0.470. The minimum Gasteiger partial charge on any atom is -0.382 e. The average molecular weight is 258 g/mol. The van der Waals surface area contributed by atoms with E-state index in [1.165, 1.54) is 0 Å². The Kier molecular flexibility index (Phi) is 4.88. The van der Waals surface area contributed by atoms with E-state index in [9.17, 15) is 18.0 Å². The molecule has 4 nitrogen and oxygen atoms in total. The first-order valence-corrected chi connectivity index (χ1v) is 5.90. The SMILES string of the molecule is O=C(NCC(O)C(F)(F)F)C1CSCCN1. The van der Waals surface area contributed by atoms with E-state index in [0.29, 0.717) is 12.3 Å². The first kappa shape index (κ1) is 13.6. The van der Waals surface area contributed by atoms with Gasteiger partial charge in [0.25, 0.3) is 0 Å². The Bertz CT molecular complexity index is 244. The van der Waals surface area contributed by atoms with Crippen LogP contribution in [0.2, 0.25) is 0 Å².